The predicted octanol–water partition coefficient (Wildman–Crippen LogP) is 0.888. The summed E-state index contributed by atoms with van der Waals surface area (Å²) in [5, 5.41) is 19.1. The van der Waals surface area contributed by atoms with Crippen LogP contribution in [0.15, 0.2) is 27.8 Å². The molecule has 1 aromatic carbocycles. The van der Waals surface area contributed by atoms with Gasteiger partial charge in [-0.05, 0) is 44.9 Å². The van der Waals surface area contributed by atoms with E-state index in [0.29, 0.717) is 5.56 Å². The van der Waals surface area contributed by atoms with Crippen molar-refractivity contribution in [2.24, 2.45) is 12.5 Å². The Kier molecular flexibility index (Phi) is 6.05. The number of nitrogens with zero attached hydrogens (tertiary/aromatic N) is 4. The van der Waals surface area contributed by atoms with E-state index in [9.17, 15) is 24.6 Å². The highest BCUT2D eigenvalue weighted by Gasteiger charge is 2.25. The third kappa shape index (κ3) is 4.46. The molecule has 0 spiro atoms. The van der Waals surface area contributed by atoms with Crippen LogP contribution in [0.25, 0.3) is 11.2 Å². The smallest absolute Gasteiger partial charge is 0.336 e. The van der Waals surface area contributed by atoms with E-state index in [0.717, 1.165) is 9.13 Å². The summed E-state index contributed by atoms with van der Waals surface area (Å²) >= 11 is 0. The lowest BCUT2D eigenvalue weighted by atomic mass is 9.98. The number of phenols is 2. The molecule has 170 valence electrons. The number of phenolic OH excluding ortho intramolecular Hbond substituents is 2. The zero-order valence-electron chi connectivity index (χ0n) is 18.5. The van der Waals surface area contributed by atoms with Crippen LogP contribution in [-0.4, -0.2) is 34.9 Å². The van der Waals surface area contributed by atoms with Gasteiger partial charge in [0.05, 0.1) is 12.0 Å². The molecule has 0 radical (unpaired) electrons. The summed E-state index contributed by atoms with van der Waals surface area (Å²) in [4.78, 5) is 42.4. The van der Waals surface area contributed by atoms with Crippen LogP contribution in [0.4, 0.5) is 0 Å². The third-order valence-corrected chi connectivity index (χ3v) is 4.72. The Bertz CT molecular complexity index is 1480. The molecule has 3 aromatic rings. The second kappa shape index (κ2) is 8.60. The van der Waals surface area contributed by atoms with E-state index in [1.807, 2.05) is 0 Å². The first kappa shape index (κ1) is 23.2. The first-order valence-electron chi connectivity index (χ1n) is 9.80. The second-order valence-corrected chi connectivity index (χ2v) is 8.24. The molecular weight excluding hydrogens is 428 g/mol. The Morgan fingerprint density at radius 1 is 1.15 bits per heavy atom. The molecule has 0 aliphatic rings. The van der Waals surface area contributed by atoms with Gasteiger partial charge in [-0.25, -0.2) is 18.9 Å². The molecule has 3 rings (SSSR count). The highest BCUT2D eigenvalue weighted by molar-refractivity contribution is 5.75. The van der Waals surface area contributed by atoms with E-state index in [-0.39, 0.29) is 35.0 Å². The molecule has 2 aromatic heterocycles. The number of hydrogen-bond acceptors (Lipinski definition) is 7. The standard InChI is InChI=1S/C23H22N4O6/c1-6-11-26-20(30)18-19(27(22(26)32)13-33-21(31)23(2,3)4)24-17(25(18)5)10-8-14-7-9-15(28)16(29)12-14/h1,7,9,12,28-29H,11,13H2,2-5H3. The Morgan fingerprint density at radius 3 is 2.45 bits per heavy atom. The predicted molar refractivity (Wildman–Crippen MR) is 119 cm³/mol. The molecular formula is C23H22N4O6. The van der Waals surface area contributed by atoms with E-state index in [4.69, 9.17) is 11.2 Å². The van der Waals surface area contributed by atoms with Gasteiger partial charge < -0.3 is 19.5 Å². The van der Waals surface area contributed by atoms with Crippen molar-refractivity contribution in [2.45, 2.75) is 34.0 Å². The molecule has 0 fully saturated rings. The summed E-state index contributed by atoms with van der Waals surface area (Å²) in [6.07, 6.45) is 5.32. The van der Waals surface area contributed by atoms with Gasteiger partial charge in [0.2, 0.25) is 0 Å². The van der Waals surface area contributed by atoms with Crippen LogP contribution in [0, 0.1) is 29.6 Å². The molecule has 0 atom stereocenters. The van der Waals surface area contributed by atoms with Crippen molar-refractivity contribution in [1.82, 2.24) is 18.7 Å². The molecule has 2 heterocycles. The molecule has 0 aliphatic carbocycles. The van der Waals surface area contributed by atoms with Crippen molar-refractivity contribution in [3.8, 4) is 35.7 Å². The number of ether oxygens (including phenoxy) is 1. The van der Waals surface area contributed by atoms with Gasteiger partial charge in [-0.3, -0.25) is 9.59 Å². The Labute approximate surface area is 188 Å². The van der Waals surface area contributed by atoms with E-state index >= 15 is 0 Å². The lowest BCUT2D eigenvalue weighted by Gasteiger charge is -2.17. The first-order chi connectivity index (χ1) is 15.5. The lowest BCUT2D eigenvalue weighted by molar-refractivity contribution is -0.156. The van der Waals surface area contributed by atoms with Crippen LogP contribution in [-0.2, 0) is 29.9 Å². The zero-order chi connectivity index (χ0) is 24.5. The summed E-state index contributed by atoms with van der Waals surface area (Å²) < 4.78 is 8.58. The van der Waals surface area contributed by atoms with Crippen molar-refractivity contribution < 1.29 is 19.7 Å². The SMILES string of the molecule is C#CCn1c(=O)c2c(nc(C#Cc3ccc(O)c(O)c3)n2C)n(COC(=O)C(C)(C)C)c1=O. The molecule has 0 bridgehead atoms. The largest absolute Gasteiger partial charge is 0.504 e. The number of hydrogen-bond donors (Lipinski definition) is 2. The van der Waals surface area contributed by atoms with Crippen molar-refractivity contribution >= 4 is 17.1 Å². The maximum absolute atomic E-state index is 13.0. The van der Waals surface area contributed by atoms with Gasteiger partial charge in [0, 0.05) is 12.6 Å². The fraction of sp³-hybridized carbons (Fsp3) is 0.304. The molecule has 0 unspecified atom stereocenters. The molecule has 10 heteroatoms. The second-order valence-electron chi connectivity index (χ2n) is 8.24. The minimum Gasteiger partial charge on any atom is -0.504 e. The molecule has 0 amide bonds. The van der Waals surface area contributed by atoms with Crippen LogP contribution in [0.2, 0.25) is 0 Å². The number of carbonyl (C=O) groups excluding carboxylic acids is 1. The lowest BCUT2D eigenvalue weighted by Crippen LogP contribution is -2.41. The maximum atomic E-state index is 13.0. The Hall–Kier alpha value is -4.44. The number of carbonyl (C=O) groups is 1. The van der Waals surface area contributed by atoms with Crippen LogP contribution in [0.1, 0.15) is 32.2 Å². The van der Waals surface area contributed by atoms with Gasteiger partial charge in [-0.15, -0.1) is 6.42 Å². The third-order valence-electron chi connectivity index (χ3n) is 4.72. The quantitative estimate of drug-likeness (QED) is 0.344. The van der Waals surface area contributed by atoms with Gasteiger partial charge in [0.1, 0.15) is 0 Å². The minimum atomic E-state index is -0.799. The first-order valence-corrected chi connectivity index (χ1v) is 9.80. The summed E-state index contributed by atoms with van der Waals surface area (Å²) in [6, 6.07) is 4.05. The van der Waals surface area contributed by atoms with Crippen LogP contribution in [0.5, 0.6) is 11.5 Å². The molecule has 10 nitrogen and oxygen atoms in total. The number of aryl methyl sites for hydroxylation is 1. The fourth-order valence-corrected chi connectivity index (χ4v) is 2.89. The van der Waals surface area contributed by atoms with E-state index in [1.165, 1.54) is 22.8 Å². The monoisotopic (exact) mass is 450 g/mol. The summed E-state index contributed by atoms with van der Waals surface area (Å²) in [7, 11) is 1.55. The van der Waals surface area contributed by atoms with Crippen molar-refractivity contribution in [1.29, 1.82) is 0 Å². The van der Waals surface area contributed by atoms with Gasteiger partial charge >= 0.3 is 11.7 Å². The van der Waals surface area contributed by atoms with Gasteiger partial charge in [-0.2, -0.15) is 0 Å². The number of esters is 1. The number of aromatic nitrogens is 4. The van der Waals surface area contributed by atoms with Crippen molar-refractivity contribution in [3.05, 3.63) is 50.4 Å². The number of terminal acetylenes is 1. The molecule has 33 heavy (non-hydrogen) atoms. The van der Waals surface area contributed by atoms with Crippen molar-refractivity contribution in [2.75, 3.05) is 0 Å². The molecule has 0 aliphatic heterocycles. The van der Waals surface area contributed by atoms with Crippen molar-refractivity contribution in [3.63, 3.8) is 0 Å². The zero-order valence-corrected chi connectivity index (χ0v) is 18.5. The van der Waals surface area contributed by atoms with E-state index in [1.54, 1.807) is 27.8 Å². The average molecular weight is 450 g/mol. The Balaban J connectivity index is 2.18. The molecule has 2 N–H and O–H groups in total. The number of imidazole rings is 1. The molecule has 0 saturated carbocycles. The minimum absolute atomic E-state index is 0.0136. The Morgan fingerprint density at radius 2 is 1.85 bits per heavy atom. The summed E-state index contributed by atoms with van der Waals surface area (Å²) in [5.74, 6) is 6.80. The summed E-state index contributed by atoms with van der Waals surface area (Å²) in [6.45, 7) is 4.26. The van der Waals surface area contributed by atoms with Crippen LogP contribution >= 0.6 is 0 Å². The molecule has 0 saturated heterocycles. The number of fused-ring (bicyclic) bond motifs is 1. The van der Waals surface area contributed by atoms with Gasteiger partial charge in [0.25, 0.3) is 5.56 Å². The number of aromatic hydroxyl groups is 2. The normalized spacial score (nSPS) is 11.0. The average Bonchev–Trinajstić information content (AvgIpc) is 3.07. The number of benzene rings is 1. The van der Waals surface area contributed by atoms with E-state index in [2.05, 4.69) is 22.7 Å². The van der Waals surface area contributed by atoms with Crippen LogP contribution in [0.3, 0.4) is 0 Å². The topological polar surface area (TPSA) is 129 Å². The maximum Gasteiger partial charge on any atom is 0.336 e. The number of rotatable bonds is 3. The van der Waals surface area contributed by atoms with Crippen LogP contribution < -0.4 is 11.2 Å². The van der Waals surface area contributed by atoms with Gasteiger partial charge in [-0.1, -0.05) is 11.8 Å². The van der Waals surface area contributed by atoms with E-state index < -0.39 is 29.4 Å². The van der Waals surface area contributed by atoms with Gasteiger partial charge in [0.15, 0.2) is 35.2 Å². The highest BCUT2D eigenvalue weighted by atomic mass is 16.5. The summed E-state index contributed by atoms with van der Waals surface area (Å²) in [5.41, 5.74) is -1.80. The highest BCUT2D eigenvalue weighted by Crippen LogP contribution is 2.24. The fourth-order valence-electron chi connectivity index (χ4n) is 2.89.